The number of allylic oxidation sites excluding steroid dienone is 3. The number of rotatable bonds is 4. The largest absolute Gasteiger partial charge is 0.466 e. The molecule has 7 heteroatoms. The van der Waals surface area contributed by atoms with Gasteiger partial charge in [-0.05, 0) is 55.5 Å². The van der Waals surface area contributed by atoms with E-state index in [-0.39, 0.29) is 21.0 Å². The van der Waals surface area contributed by atoms with Crippen molar-refractivity contribution in [1.82, 2.24) is 5.32 Å². The molecule has 1 unspecified atom stereocenters. The van der Waals surface area contributed by atoms with Crippen LogP contribution >= 0.6 is 0 Å². The molecule has 34 heavy (non-hydrogen) atoms. The summed E-state index contributed by atoms with van der Waals surface area (Å²) in [6.07, 6.45) is 1.05. The normalized spacial score (nSPS) is 20.0. The molecule has 0 aromatic heterocycles. The SMILES string of the molecule is COC(=O)C1=C(C)NC2=C(C(=O)CC(C)(C)C2)C1c1ccc(S(=O)(=O)c2ccc(C)cc2)cc1. The van der Waals surface area contributed by atoms with E-state index in [1.807, 2.05) is 20.8 Å². The molecule has 0 bridgehead atoms. The number of carbonyl (C=O) groups is 2. The van der Waals surface area contributed by atoms with Crippen molar-refractivity contribution in [2.45, 2.75) is 56.2 Å². The van der Waals surface area contributed by atoms with Crippen molar-refractivity contribution < 1.29 is 22.7 Å². The van der Waals surface area contributed by atoms with E-state index < -0.39 is 21.7 Å². The number of hydrogen-bond donors (Lipinski definition) is 1. The first-order chi connectivity index (χ1) is 15.9. The highest BCUT2D eigenvalue weighted by atomic mass is 32.2. The maximum absolute atomic E-state index is 13.3. The third-order valence-electron chi connectivity index (χ3n) is 6.50. The lowest BCUT2D eigenvalue weighted by atomic mass is 9.68. The molecular weight excluding hydrogens is 450 g/mol. The predicted molar refractivity (Wildman–Crippen MR) is 129 cm³/mol. The fourth-order valence-electron chi connectivity index (χ4n) is 4.84. The number of methoxy groups -OCH3 is 1. The molecule has 0 fully saturated rings. The lowest BCUT2D eigenvalue weighted by Gasteiger charge is -2.39. The number of ketones is 1. The topological polar surface area (TPSA) is 89.5 Å². The Labute approximate surface area is 200 Å². The van der Waals surface area contributed by atoms with Crippen molar-refractivity contribution in [1.29, 1.82) is 0 Å². The number of carbonyl (C=O) groups excluding carboxylic acids is 2. The molecule has 0 spiro atoms. The number of aryl methyl sites for hydroxylation is 1. The maximum atomic E-state index is 13.3. The Kier molecular flexibility index (Phi) is 6.02. The zero-order valence-corrected chi connectivity index (χ0v) is 20.9. The van der Waals surface area contributed by atoms with Crippen LogP contribution in [0.4, 0.5) is 0 Å². The summed E-state index contributed by atoms with van der Waals surface area (Å²) in [5, 5.41) is 3.27. The molecule has 6 nitrogen and oxygen atoms in total. The van der Waals surface area contributed by atoms with E-state index in [2.05, 4.69) is 5.32 Å². The van der Waals surface area contributed by atoms with Crippen molar-refractivity contribution in [2.75, 3.05) is 7.11 Å². The van der Waals surface area contributed by atoms with Crippen LogP contribution in [0.1, 0.15) is 50.7 Å². The molecule has 0 saturated carbocycles. The van der Waals surface area contributed by atoms with Gasteiger partial charge >= 0.3 is 5.97 Å². The highest BCUT2D eigenvalue weighted by Gasteiger charge is 2.43. The van der Waals surface area contributed by atoms with E-state index in [4.69, 9.17) is 4.74 Å². The van der Waals surface area contributed by atoms with E-state index in [1.165, 1.54) is 19.2 Å². The van der Waals surface area contributed by atoms with Crippen LogP contribution in [0.25, 0.3) is 0 Å². The van der Waals surface area contributed by atoms with Crippen LogP contribution in [0, 0.1) is 12.3 Å². The van der Waals surface area contributed by atoms with Crippen LogP contribution in [-0.4, -0.2) is 27.3 Å². The highest BCUT2D eigenvalue weighted by molar-refractivity contribution is 7.91. The van der Waals surface area contributed by atoms with Crippen LogP contribution < -0.4 is 5.32 Å². The van der Waals surface area contributed by atoms with Crippen LogP contribution in [0.2, 0.25) is 0 Å². The smallest absolute Gasteiger partial charge is 0.336 e. The van der Waals surface area contributed by atoms with Crippen molar-refractivity contribution in [2.24, 2.45) is 5.41 Å². The quantitative estimate of drug-likeness (QED) is 0.645. The highest BCUT2D eigenvalue weighted by Crippen LogP contribution is 2.46. The van der Waals surface area contributed by atoms with Crippen LogP contribution in [0.5, 0.6) is 0 Å². The Morgan fingerprint density at radius 3 is 2.09 bits per heavy atom. The Morgan fingerprint density at radius 2 is 1.53 bits per heavy atom. The Morgan fingerprint density at radius 1 is 0.971 bits per heavy atom. The lowest BCUT2D eigenvalue weighted by Crippen LogP contribution is -2.38. The van der Waals surface area contributed by atoms with Gasteiger partial charge in [0.2, 0.25) is 9.84 Å². The van der Waals surface area contributed by atoms with Gasteiger partial charge in [-0.3, -0.25) is 4.79 Å². The Balaban J connectivity index is 1.80. The summed E-state index contributed by atoms with van der Waals surface area (Å²) in [4.78, 5) is 26.4. The van der Waals surface area contributed by atoms with E-state index in [0.29, 0.717) is 35.2 Å². The minimum atomic E-state index is -3.69. The summed E-state index contributed by atoms with van der Waals surface area (Å²) >= 11 is 0. The number of benzene rings is 2. The maximum Gasteiger partial charge on any atom is 0.336 e. The summed E-state index contributed by atoms with van der Waals surface area (Å²) in [5.41, 5.74) is 3.82. The molecule has 2 aromatic rings. The number of dihydropyridines is 1. The third kappa shape index (κ3) is 4.20. The molecule has 1 atom stereocenters. The molecule has 1 N–H and O–H groups in total. The number of hydrogen-bond acceptors (Lipinski definition) is 6. The van der Waals surface area contributed by atoms with Crippen molar-refractivity contribution in [3.05, 3.63) is 82.2 Å². The second-order valence-corrected chi connectivity index (χ2v) is 11.8. The van der Waals surface area contributed by atoms with Gasteiger partial charge in [0.1, 0.15) is 0 Å². The van der Waals surface area contributed by atoms with Gasteiger partial charge in [0.15, 0.2) is 5.78 Å². The Bertz CT molecular complexity index is 1330. The number of esters is 1. The first-order valence-corrected chi connectivity index (χ1v) is 12.7. The molecule has 2 aromatic carbocycles. The molecule has 2 aliphatic rings. The van der Waals surface area contributed by atoms with Gasteiger partial charge < -0.3 is 10.1 Å². The lowest BCUT2D eigenvalue weighted by molar-refractivity contribution is -0.136. The van der Waals surface area contributed by atoms with Crippen LogP contribution in [-0.2, 0) is 24.2 Å². The van der Waals surface area contributed by atoms with Gasteiger partial charge in [0.05, 0.1) is 22.5 Å². The average molecular weight is 480 g/mol. The molecule has 178 valence electrons. The summed E-state index contributed by atoms with van der Waals surface area (Å²) in [5.74, 6) is -1.16. The van der Waals surface area contributed by atoms with E-state index in [0.717, 1.165) is 11.3 Å². The second-order valence-electron chi connectivity index (χ2n) is 9.81. The zero-order chi connectivity index (χ0) is 24.8. The Hall–Kier alpha value is -3.19. The minimum Gasteiger partial charge on any atom is -0.466 e. The van der Waals surface area contributed by atoms with Gasteiger partial charge in [0, 0.05) is 29.3 Å². The number of Topliss-reactive ketones (excluding diaryl/α,β-unsaturated/α-hetero) is 1. The second kappa shape index (κ2) is 8.55. The minimum absolute atomic E-state index is 0.0194. The van der Waals surface area contributed by atoms with E-state index in [1.54, 1.807) is 43.3 Å². The summed E-state index contributed by atoms with van der Waals surface area (Å²) in [7, 11) is -2.38. The summed E-state index contributed by atoms with van der Waals surface area (Å²) < 4.78 is 31.2. The predicted octanol–water partition coefficient (Wildman–Crippen LogP) is 4.60. The van der Waals surface area contributed by atoms with E-state index in [9.17, 15) is 18.0 Å². The zero-order valence-electron chi connectivity index (χ0n) is 20.1. The number of sulfone groups is 1. The molecule has 0 saturated heterocycles. The van der Waals surface area contributed by atoms with Crippen LogP contribution in [0.3, 0.4) is 0 Å². The summed E-state index contributed by atoms with van der Waals surface area (Å²) in [6.45, 7) is 7.79. The van der Waals surface area contributed by atoms with Crippen molar-refractivity contribution >= 4 is 21.6 Å². The van der Waals surface area contributed by atoms with Gasteiger partial charge in [0.25, 0.3) is 0 Å². The molecule has 1 aliphatic heterocycles. The van der Waals surface area contributed by atoms with Crippen LogP contribution in [0.15, 0.2) is 80.9 Å². The first kappa shape index (κ1) is 24.0. The van der Waals surface area contributed by atoms with Gasteiger partial charge in [-0.25, -0.2) is 13.2 Å². The molecule has 0 radical (unpaired) electrons. The molecule has 4 rings (SSSR count). The molecule has 1 heterocycles. The van der Waals surface area contributed by atoms with Crippen molar-refractivity contribution in [3.63, 3.8) is 0 Å². The third-order valence-corrected chi connectivity index (χ3v) is 8.29. The molecular formula is C27H29NO5S. The van der Waals surface area contributed by atoms with Gasteiger partial charge in [-0.1, -0.05) is 43.7 Å². The molecule has 0 amide bonds. The monoisotopic (exact) mass is 479 g/mol. The standard InChI is InChI=1S/C27H29NO5S/c1-16-6-10-19(11-7-16)34(31,32)20-12-8-18(9-13-20)24-23(26(30)33-5)17(2)28-21-14-27(3,4)15-22(29)25(21)24/h6-13,24,28H,14-15H2,1-5H3. The molecule has 1 aliphatic carbocycles. The number of nitrogens with one attached hydrogen (secondary N) is 1. The average Bonchev–Trinajstić information content (AvgIpc) is 2.77. The van der Waals surface area contributed by atoms with Gasteiger partial charge in [-0.2, -0.15) is 0 Å². The van der Waals surface area contributed by atoms with E-state index >= 15 is 0 Å². The first-order valence-electron chi connectivity index (χ1n) is 11.2. The fraction of sp³-hybridized carbons (Fsp3) is 0.333. The van der Waals surface area contributed by atoms with Gasteiger partial charge in [-0.15, -0.1) is 0 Å². The summed E-state index contributed by atoms with van der Waals surface area (Å²) in [6, 6.07) is 13.1. The fourth-order valence-corrected chi connectivity index (χ4v) is 6.10. The number of ether oxygens (including phenoxy) is 1. The van der Waals surface area contributed by atoms with Crippen molar-refractivity contribution in [3.8, 4) is 0 Å².